The highest BCUT2D eigenvalue weighted by Gasteiger charge is 2.24. The van der Waals surface area contributed by atoms with E-state index >= 15 is 0 Å². The number of hydrogen-bond donors (Lipinski definition) is 6. The summed E-state index contributed by atoms with van der Waals surface area (Å²) < 4.78 is 63.2. The molecule has 136 valence electrons. The van der Waals surface area contributed by atoms with E-state index in [2.05, 4.69) is 6.92 Å². The Bertz CT molecular complexity index is 431. The molecule has 0 aromatic heterocycles. The molecule has 0 radical (unpaired) electrons. The standard InChI is InChI=1S/C10H22N2.2H2O4S/c1-2-3-4-8-5-6-9(11)10(12)7-8;2*1-5(2,3)4/h8-10H,2-7,11-12H2,1H3;2*(H2,1,2,3,4). The Labute approximate surface area is 131 Å². The van der Waals surface area contributed by atoms with Crippen molar-refractivity contribution in [1.29, 1.82) is 0 Å². The van der Waals surface area contributed by atoms with Crippen LogP contribution in [0.25, 0.3) is 0 Å². The molecule has 12 heteroatoms. The molecule has 0 aliphatic heterocycles. The Balaban J connectivity index is 0. The Hall–Kier alpha value is -0.340. The number of rotatable bonds is 3. The van der Waals surface area contributed by atoms with E-state index < -0.39 is 20.8 Å². The highest BCUT2D eigenvalue weighted by Crippen LogP contribution is 2.26. The molecule has 1 fully saturated rings. The zero-order chi connectivity index (χ0) is 18.0. The topological polar surface area (TPSA) is 201 Å². The quantitative estimate of drug-likeness (QED) is 0.378. The number of nitrogens with two attached hydrogens (primary N) is 2. The zero-order valence-corrected chi connectivity index (χ0v) is 14.0. The zero-order valence-electron chi connectivity index (χ0n) is 12.4. The molecule has 8 N–H and O–H groups in total. The molecule has 0 saturated heterocycles. The predicted molar refractivity (Wildman–Crippen MR) is 81.2 cm³/mol. The van der Waals surface area contributed by atoms with E-state index in [1.807, 2.05) is 0 Å². The Kier molecular flexibility index (Phi) is 12.2. The second kappa shape index (κ2) is 11.2. The van der Waals surface area contributed by atoms with Crippen LogP contribution in [0.3, 0.4) is 0 Å². The van der Waals surface area contributed by atoms with E-state index in [9.17, 15) is 0 Å². The van der Waals surface area contributed by atoms with Gasteiger partial charge in [-0.05, 0) is 25.2 Å². The van der Waals surface area contributed by atoms with Crippen LogP contribution in [0.4, 0.5) is 0 Å². The van der Waals surface area contributed by atoms with E-state index in [0.717, 1.165) is 18.8 Å². The number of hydrogen-bond acceptors (Lipinski definition) is 6. The fourth-order valence-electron chi connectivity index (χ4n) is 2.07. The van der Waals surface area contributed by atoms with E-state index in [4.69, 9.17) is 46.5 Å². The first-order valence-electron chi connectivity index (χ1n) is 6.65. The molecule has 0 aromatic rings. The van der Waals surface area contributed by atoms with Crippen LogP contribution >= 0.6 is 0 Å². The lowest BCUT2D eigenvalue weighted by molar-refractivity contribution is 0.272. The molecule has 0 heterocycles. The van der Waals surface area contributed by atoms with Gasteiger partial charge in [-0.25, -0.2) is 0 Å². The fourth-order valence-corrected chi connectivity index (χ4v) is 2.07. The lowest BCUT2D eigenvalue weighted by atomic mass is 9.81. The molecule has 1 rings (SSSR count). The summed E-state index contributed by atoms with van der Waals surface area (Å²) in [7, 11) is -9.33. The van der Waals surface area contributed by atoms with Crippen LogP contribution in [0.5, 0.6) is 0 Å². The van der Waals surface area contributed by atoms with Crippen molar-refractivity contribution in [1.82, 2.24) is 0 Å². The summed E-state index contributed by atoms with van der Waals surface area (Å²) in [5, 5.41) is 0. The monoisotopic (exact) mass is 366 g/mol. The van der Waals surface area contributed by atoms with Crippen LogP contribution in [0.2, 0.25) is 0 Å². The third kappa shape index (κ3) is 24.7. The van der Waals surface area contributed by atoms with Crippen LogP contribution in [0.1, 0.15) is 45.4 Å². The maximum atomic E-state index is 8.74. The minimum Gasteiger partial charge on any atom is -0.326 e. The lowest BCUT2D eigenvalue weighted by Crippen LogP contribution is -2.45. The molecule has 1 aliphatic rings. The van der Waals surface area contributed by atoms with Crippen molar-refractivity contribution in [3.05, 3.63) is 0 Å². The van der Waals surface area contributed by atoms with Gasteiger partial charge in [-0.15, -0.1) is 0 Å². The summed E-state index contributed by atoms with van der Waals surface area (Å²) in [5.74, 6) is 0.861. The van der Waals surface area contributed by atoms with Crippen molar-refractivity contribution in [2.24, 2.45) is 17.4 Å². The van der Waals surface area contributed by atoms with Gasteiger partial charge < -0.3 is 11.5 Å². The maximum Gasteiger partial charge on any atom is 0.394 e. The maximum absolute atomic E-state index is 8.74. The Morgan fingerprint density at radius 1 is 0.909 bits per heavy atom. The predicted octanol–water partition coefficient (Wildman–Crippen LogP) is 0.326. The molecule has 3 unspecified atom stereocenters. The average molecular weight is 366 g/mol. The van der Waals surface area contributed by atoms with Gasteiger partial charge >= 0.3 is 20.8 Å². The van der Waals surface area contributed by atoms with E-state index in [-0.39, 0.29) is 12.1 Å². The van der Waals surface area contributed by atoms with Crippen molar-refractivity contribution in [2.45, 2.75) is 57.5 Å². The van der Waals surface area contributed by atoms with Gasteiger partial charge in [0.25, 0.3) is 0 Å². The second-order valence-electron chi connectivity index (χ2n) is 5.04. The molecular weight excluding hydrogens is 340 g/mol. The summed E-state index contributed by atoms with van der Waals surface area (Å²) in [6, 6.07) is 0.531. The smallest absolute Gasteiger partial charge is 0.326 e. The molecule has 0 amide bonds. The molecule has 1 aliphatic carbocycles. The first-order chi connectivity index (χ1) is 9.74. The first-order valence-corrected chi connectivity index (χ1v) is 9.44. The van der Waals surface area contributed by atoms with E-state index in [1.165, 1.54) is 25.7 Å². The highest BCUT2D eigenvalue weighted by molar-refractivity contribution is 7.80. The summed E-state index contributed by atoms with van der Waals surface area (Å²) >= 11 is 0. The van der Waals surface area contributed by atoms with Gasteiger partial charge in [-0.3, -0.25) is 18.2 Å². The van der Waals surface area contributed by atoms with Crippen LogP contribution in [-0.2, 0) is 20.8 Å². The van der Waals surface area contributed by atoms with Crippen molar-refractivity contribution in [3.63, 3.8) is 0 Å². The van der Waals surface area contributed by atoms with Gasteiger partial charge in [0, 0.05) is 12.1 Å². The molecule has 0 bridgehead atoms. The van der Waals surface area contributed by atoms with Gasteiger partial charge in [0.15, 0.2) is 0 Å². The van der Waals surface area contributed by atoms with Crippen molar-refractivity contribution in [3.8, 4) is 0 Å². The SMILES string of the molecule is CCCCC1CCC(N)C(N)C1.O=S(=O)(O)O.O=S(=O)(O)O. The van der Waals surface area contributed by atoms with Gasteiger partial charge in [-0.2, -0.15) is 16.8 Å². The minimum atomic E-state index is -4.67. The summed E-state index contributed by atoms with van der Waals surface area (Å²) in [4.78, 5) is 0. The van der Waals surface area contributed by atoms with E-state index in [0.29, 0.717) is 0 Å². The number of unbranched alkanes of at least 4 members (excludes halogenated alkanes) is 1. The lowest BCUT2D eigenvalue weighted by Gasteiger charge is -2.31. The highest BCUT2D eigenvalue weighted by atomic mass is 32.3. The summed E-state index contributed by atoms with van der Waals surface area (Å²) in [5.41, 5.74) is 11.8. The van der Waals surface area contributed by atoms with Crippen LogP contribution in [0.15, 0.2) is 0 Å². The molecule has 0 spiro atoms. The van der Waals surface area contributed by atoms with Crippen molar-refractivity contribution < 1.29 is 35.0 Å². The Morgan fingerprint density at radius 3 is 1.64 bits per heavy atom. The summed E-state index contributed by atoms with van der Waals surface area (Å²) in [6.45, 7) is 2.24. The van der Waals surface area contributed by atoms with Crippen molar-refractivity contribution in [2.75, 3.05) is 0 Å². The average Bonchev–Trinajstić information content (AvgIpc) is 2.26. The third-order valence-electron chi connectivity index (χ3n) is 3.03. The van der Waals surface area contributed by atoms with Crippen LogP contribution in [0, 0.1) is 5.92 Å². The normalized spacial score (nSPS) is 25.3. The molecule has 22 heavy (non-hydrogen) atoms. The van der Waals surface area contributed by atoms with Gasteiger partial charge in [0.05, 0.1) is 0 Å². The van der Waals surface area contributed by atoms with Gasteiger partial charge in [0.2, 0.25) is 0 Å². The molecular formula is C10H26N2O8S2. The second-order valence-corrected chi connectivity index (χ2v) is 6.84. The third-order valence-corrected chi connectivity index (χ3v) is 3.03. The molecule has 10 nitrogen and oxygen atoms in total. The minimum absolute atomic E-state index is 0.264. The fraction of sp³-hybridized carbons (Fsp3) is 1.00. The molecule has 3 atom stereocenters. The van der Waals surface area contributed by atoms with Gasteiger partial charge in [0.1, 0.15) is 0 Å². The van der Waals surface area contributed by atoms with Crippen LogP contribution < -0.4 is 11.5 Å². The Morgan fingerprint density at radius 2 is 1.32 bits per heavy atom. The van der Waals surface area contributed by atoms with Gasteiger partial charge in [-0.1, -0.05) is 26.2 Å². The van der Waals surface area contributed by atoms with Crippen LogP contribution in [-0.4, -0.2) is 47.1 Å². The first kappa shape index (κ1) is 23.9. The largest absolute Gasteiger partial charge is 0.394 e. The van der Waals surface area contributed by atoms with Crippen molar-refractivity contribution >= 4 is 20.8 Å². The van der Waals surface area contributed by atoms with E-state index in [1.54, 1.807) is 0 Å². The summed E-state index contributed by atoms with van der Waals surface area (Å²) in [6.07, 6.45) is 7.60. The molecule has 0 aromatic carbocycles. The molecule has 1 saturated carbocycles.